The van der Waals surface area contributed by atoms with Crippen LogP contribution in [0.2, 0.25) is 0 Å². The third kappa shape index (κ3) is 4.02. The average molecular weight is 337 g/mol. The van der Waals surface area contributed by atoms with Crippen LogP contribution in [0.1, 0.15) is 59.3 Å². The third-order valence-electron chi connectivity index (χ3n) is 5.41. The second-order valence-corrected chi connectivity index (χ2v) is 8.47. The summed E-state index contributed by atoms with van der Waals surface area (Å²) in [7, 11) is 0. The van der Waals surface area contributed by atoms with Crippen molar-refractivity contribution in [3.63, 3.8) is 0 Å². The zero-order chi connectivity index (χ0) is 17.3. The first-order chi connectivity index (χ1) is 11.3. The van der Waals surface area contributed by atoms with Gasteiger partial charge in [-0.3, -0.25) is 4.79 Å². The molecule has 0 radical (unpaired) electrons. The summed E-state index contributed by atoms with van der Waals surface area (Å²) in [5.74, 6) is 0.559. The molecule has 4 atom stereocenters. The Bertz CT molecular complexity index is 488. The standard InChI is InChI=1S/C18H31N3O3/c1-18(2,3)24-17(23)21-11-12-10-13(21)7-8-14(12)20-15-6-4-5-9-19-16(15)22/h12-15,20H,4-11H2,1-3H3,(H,19,22). The highest BCUT2D eigenvalue weighted by Gasteiger charge is 2.44. The smallest absolute Gasteiger partial charge is 0.410 e. The first-order valence-electron chi connectivity index (χ1n) is 9.37. The van der Waals surface area contributed by atoms with Crippen LogP contribution in [0, 0.1) is 5.92 Å². The lowest BCUT2D eigenvalue weighted by Crippen LogP contribution is -2.50. The molecule has 24 heavy (non-hydrogen) atoms. The van der Waals surface area contributed by atoms with Crippen LogP contribution in [-0.4, -0.2) is 53.7 Å². The van der Waals surface area contributed by atoms with Crippen molar-refractivity contribution >= 4 is 12.0 Å². The summed E-state index contributed by atoms with van der Waals surface area (Å²) >= 11 is 0. The third-order valence-corrected chi connectivity index (χ3v) is 5.41. The number of ether oxygens (including phenoxy) is 1. The van der Waals surface area contributed by atoms with Crippen molar-refractivity contribution in [1.82, 2.24) is 15.5 Å². The molecule has 2 bridgehead atoms. The molecule has 0 aromatic carbocycles. The van der Waals surface area contributed by atoms with Crippen molar-refractivity contribution in [2.75, 3.05) is 13.1 Å². The minimum atomic E-state index is -0.455. The molecule has 2 aliphatic heterocycles. The van der Waals surface area contributed by atoms with E-state index in [-0.39, 0.29) is 18.0 Å². The zero-order valence-electron chi connectivity index (χ0n) is 15.1. The van der Waals surface area contributed by atoms with E-state index in [0.717, 1.165) is 51.6 Å². The number of nitrogens with zero attached hydrogens (tertiary/aromatic N) is 1. The van der Waals surface area contributed by atoms with Gasteiger partial charge in [0.25, 0.3) is 0 Å². The van der Waals surface area contributed by atoms with Crippen molar-refractivity contribution in [1.29, 1.82) is 0 Å². The Labute approximate surface area is 144 Å². The fourth-order valence-corrected chi connectivity index (χ4v) is 4.25. The highest BCUT2D eigenvalue weighted by atomic mass is 16.6. The lowest BCUT2D eigenvalue weighted by Gasteiger charge is -2.32. The maximum Gasteiger partial charge on any atom is 0.410 e. The quantitative estimate of drug-likeness (QED) is 0.809. The zero-order valence-corrected chi connectivity index (χ0v) is 15.1. The van der Waals surface area contributed by atoms with E-state index in [1.54, 1.807) is 0 Å². The van der Waals surface area contributed by atoms with Gasteiger partial charge in [-0.1, -0.05) is 0 Å². The number of carbonyl (C=O) groups is 2. The van der Waals surface area contributed by atoms with Crippen LogP contribution >= 0.6 is 0 Å². The summed E-state index contributed by atoms with van der Waals surface area (Å²) in [5.41, 5.74) is -0.455. The van der Waals surface area contributed by atoms with Gasteiger partial charge in [0.15, 0.2) is 0 Å². The van der Waals surface area contributed by atoms with Crippen molar-refractivity contribution < 1.29 is 14.3 Å². The van der Waals surface area contributed by atoms with Crippen molar-refractivity contribution in [3.05, 3.63) is 0 Å². The molecule has 6 nitrogen and oxygen atoms in total. The van der Waals surface area contributed by atoms with Gasteiger partial charge in [-0.2, -0.15) is 0 Å². The van der Waals surface area contributed by atoms with Crippen LogP contribution in [0.15, 0.2) is 0 Å². The lowest BCUT2D eigenvalue weighted by atomic mass is 9.85. The SMILES string of the molecule is CC(C)(C)OC(=O)N1CC2CC1CCC2NC1CCCCNC1=O. The molecule has 3 rings (SSSR count). The fraction of sp³-hybridized carbons (Fsp3) is 0.889. The molecular formula is C18H31N3O3. The fourth-order valence-electron chi connectivity index (χ4n) is 4.25. The molecule has 2 amide bonds. The van der Waals surface area contributed by atoms with E-state index in [2.05, 4.69) is 10.6 Å². The van der Waals surface area contributed by atoms with Crippen LogP contribution in [0.3, 0.4) is 0 Å². The highest BCUT2D eigenvalue weighted by Crippen LogP contribution is 2.37. The van der Waals surface area contributed by atoms with Crippen molar-refractivity contribution in [2.45, 2.75) is 83.0 Å². The van der Waals surface area contributed by atoms with Gasteiger partial charge in [-0.25, -0.2) is 4.79 Å². The Morgan fingerprint density at radius 3 is 2.79 bits per heavy atom. The molecule has 0 aromatic heterocycles. The summed E-state index contributed by atoms with van der Waals surface area (Å²) in [6.45, 7) is 7.25. The molecule has 3 aliphatic rings. The van der Waals surface area contributed by atoms with Crippen LogP contribution in [-0.2, 0) is 9.53 Å². The molecule has 2 N–H and O–H groups in total. The number of nitrogens with one attached hydrogen (secondary N) is 2. The minimum absolute atomic E-state index is 0.0790. The summed E-state index contributed by atoms with van der Waals surface area (Å²) in [6, 6.07) is 0.540. The second kappa shape index (κ2) is 6.90. The summed E-state index contributed by atoms with van der Waals surface area (Å²) < 4.78 is 5.55. The molecule has 4 unspecified atom stereocenters. The van der Waals surface area contributed by atoms with E-state index in [1.807, 2.05) is 25.7 Å². The maximum absolute atomic E-state index is 12.4. The lowest BCUT2D eigenvalue weighted by molar-refractivity contribution is -0.123. The van der Waals surface area contributed by atoms with Crippen molar-refractivity contribution in [3.8, 4) is 0 Å². The number of likely N-dealkylation sites (tertiary alicyclic amines) is 1. The Balaban J connectivity index is 1.58. The molecule has 3 fully saturated rings. The minimum Gasteiger partial charge on any atom is -0.444 e. The first kappa shape index (κ1) is 17.5. The van der Waals surface area contributed by atoms with E-state index < -0.39 is 5.60 Å². The summed E-state index contributed by atoms with van der Waals surface area (Å²) in [5, 5.41) is 6.59. The molecule has 1 aliphatic carbocycles. The van der Waals surface area contributed by atoms with E-state index in [0.29, 0.717) is 18.0 Å². The summed E-state index contributed by atoms with van der Waals surface area (Å²) in [4.78, 5) is 26.5. The Morgan fingerprint density at radius 2 is 2.04 bits per heavy atom. The molecule has 6 heteroatoms. The van der Waals surface area contributed by atoms with Crippen molar-refractivity contribution in [2.24, 2.45) is 5.92 Å². The number of hydrogen-bond donors (Lipinski definition) is 2. The van der Waals surface area contributed by atoms with Gasteiger partial charge in [0, 0.05) is 25.2 Å². The van der Waals surface area contributed by atoms with E-state index in [4.69, 9.17) is 4.74 Å². The predicted octanol–water partition coefficient (Wildman–Crippen LogP) is 2.03. The van der Waals surface area contributed by atoms with Gasteiger partial charge in [-0.15, -0.1) is 0 Å². The molecule has 0 spiro atoms. The Kier molecular flexibility index (Phi) is 5.04. The number of hydrogen-bond acceptors (Lipinski definition) is 4. The molecule has 0 aromatic rings. The molecular weight excluding hydrogens is 306 g/mol. The van der Waals surface area contributed by atoms with Gasteiger partial charge in [0.05, 0.1) is 6.04 Å². The number of rotatable bonds is 2. The van der Waals surface area contributed by atoms with Gasteiger partial charge in [0.2, 0.25) is 5.91 Å². The first-order valence-corrected chi connectivity index (χ1v) is 9.37. The molecule has 2 heterocycles. The molecule has 2 saturated heterocycles. The van der Waals surface area contributed by atoms with E-state index >= 15 is 0 Å². The second-order valence-electron chi connectivity index (χ2n) is 8.47. The maximum atomic E-state index is 12.4. The Morgan fingerprint density at radius 1 is 1.25 bits per heavy atom. The number of amides is 2. The number of carbonyl (C=O) groups excluding carboxylic acids is 2. The van der Waals surface area contributed by atoms with Crippen LogP contribution in [0.25, 0.3) is 0 Å². The van der Waals surface area contributed by atoms with Gasteiger partial charge in [-0.05, 0) is 65.2 Å². The molecule has 1 saturated carbocycles. The van der Waals surface area contributed by atoms with Gasteiger partial charge >= 0.3 is 6.09 Å². The van der Waals surface area contributed by atoms with Crippen LogP contribution < -0.4 is 10.6 Å². The van der Waals surface area contributed by atoms with E-state index in [1.165, 1.54) is 0 Å². The summed E-state index contributed by atoms with van der Waals surface area (Å²) in [6.07, 6.45) is 5.90. The highest BCUT2D eigenvalue weighted by molar-refractivity contribution is 5.82. The Hall–Kier alpha value is -1.30. The largest absolute Gasteiger partial charge is 0.444 e. The molecule has 136 valence electrons. The topological polar surface area (TPSA) is 70.7 Å². The van der Waals surface area contributed by atoms with Crippen LogP contribution in [0.4, 0.5) is 4.79 Å². The normalized spacial score (nSPS) is 33.8. The van der Waals surface area contributed by atoms with Gasteiger partial charge < -0.3 is 20.3 Å². The predicted molar refractivity (Wildman–Crippen MR) is 91.6 cm³/mol. The number of fused-ring (bicyclic) bond motifs is 2. The monoisotopic (exact) mass is 337 g/mol. The van der Waals surface area contributed by atoms with Gasteiger partial charge in [0.1, 0.15) is 5.60 Å². The van der Waals surface area contributed by atoms with E-state index in [9.17, 15) is 9.59 Å². The average Bonchev–Trinajstić information content (AvgIpc) is 2.71. The van der Waals surface area contributed by atoms with Crippen LogP contribution in [0.5, 0.6) is 0 Å².